The lowest BCUT2D eigenvalue weighted by atomic mass is 10.2. The van der Waals surface area contributed by atoms with Crippen LogP contribution in [0.3, 0.4) is 0 Å². The van der Waals surface area contributed by atoms with Crippen LogP contribution in [0.2, 0.25) is 4.34 Å². The molecule has 1 nitrogen and oxygen atoms in total. The summed E-state index contributed by atoms with van der Waals surface area (Å²) in [7, 11) is 0. The molecule has 0 aliphatic carbocycles. The Kier molecular flexibility index (Phi) is 6.91. The average Bonchev–Trinajstić information content (AvgIpc) is 2.82. The summed E-state index contributed by atoms with van der Waals surface area (Å²) in [6.07, 6.45) is 1.03. The molecule has 0 aliphatic heterocycles. The van der Waals surface area contributed by atoms with E-state index in [0.717, 1.165) is 27.5 Å². The summed E-state index contributed by atoms with van der Waals surface area (Å²) < 4.78 is 2.00. The second kappa shape index (κ2) is 8.44. The third-order valence-electron chi connectivity index (χ3n) is 2.82. The topological polar surface area (TPSA) is 12.0 Å². The van der Waals surface area contributed by atoms with Crippen molar-refractivity contribution >= 4 is 50.6 Å². The van der Waals surface area contributed by atoms with Crippen molar-refractivity contribution in [1.82, 2.24) is 5.32 Å². The first-order valence-electron chi connectivity index (χ1n) is 6.53. The van der Waals surface area contributed by atoms with E-state index in [-0.39, 0.29) is 0 Å². The predicted molar refractivity (Wildman–Crippen MR) is 95.4 cm³/mol. The molecular formula is C15H17BrClNS2. The second-order valence-electron chi connectivity index (χ2n) is 4.43. The Morgan fingerprint density at radius 2 is 2.20 bits per heavy atom. The van der Waals surface area contributed by atoms with Gasteiger partial charge in [-0.1, -0.05) is 40.5 Å². The van der Waals surface area contributed by atoms with E-state index in [9.17, 15) is 0 Å². The second-order valence-corrected chi connectivity index (χ2v) is 8.24. The number of thiophene rings is 1. The van der Waals surface area contributed by atoms with Crippen molar-refractivity contribution in [3.8, 4) is 0 Å². The van der Waals surface area contributed by atoms with Crippen LogP contribution < -0.4 is 5.32 Å². The van der Waals surface area contributed by atoms with E-state index in [1.54, 1.807) is 11.3 Å². The van der Waals surface area contributed by atoms with Crippen LogP contribution in [0.5, 0.6) is 0 Å². The summed E-state index contributed by atoms with van der Waals surface area (Å²) in [5.74, 6) is 1.06. The quantitative estimate of drug-likeness (QED) is 0.628. The van der Waals surface area contributed by atoms with Crippen molar-refractivity contribution in [3.63, 3.8) is 0 Å². The number of rotatable bonds is 7. The Balaban J connectivity index is 1.91. The third kappa shape index (κ3) is 5.41. The van der Waals surface area contributed by atoms with Crippen LogP contribution in [-0.2, 0) is 6.42 Å². The van der Waals surface area contributed by atoms with E-state index in [4.69, 9.17) is 11.6 Å². The highest BCUT2D eigenvalue weighted by Gasteiger charge is 2.11. The van der Waals surface area contributed by atoms with Crippen LogP contribution in [0.4, 0.5) is 0 Å². The Bertz CT molecular complexity index is 544. The Labute approximate surface area is 142 Å². The molecule has 1 aromatic heterocycles. The fourth-order valence-corrected chi connectivity index (χ4v) is 4.67. The maximum absolute atomic E-state index is 6.00. The molecule has 2 rings (SSSR count). The van der Waals surface area contributed by atoms with Gasteiger partial charge in [-0.25, -0.2) is 0 Å². The molecule has 1 unspecified atom stereocenters. The maximum atomic E-state index is 6.00. The van der Waals surface area contributed by atoms with Gasteiger partial charge in [-0.3, -0.25) is 0 Å². The number of benzene rings is 1. The highest BCUT2D eigenvalue weighted by atomic mass is 79.9. The summed E-state index contributed by atoms with van der Waals surface area (Å²) >= 11 is 13.1. The Hall–Kier alpha value is -0.0000000000000000278. The maximum Gasteiger partial charge on any atom is 0.0931 e. The van der Waals surface area contributed by atoms with Gasteiger partial charge in [-0.15, -0.1) is 23.1 Å². The molecule has 5 heteroatoms. The van der Waals surface area contributed by atoms with Crippen molar-refractivity contribution in [1.29, 1.82) is 0 Å². The largest absolute Gasteiger partial charge is 0.313 e. The van der Waals surface area contributed by atoms with Crippen molar-refractivity contribution in [2.75, 3.05) is 12.3 Å². The fraction of sp³-hybridized carbons (Fsp3) is 0.333. The lowest BCUT2D eigenvalue weighted by Crippen LogP contribution is -2.32. The molecular weight excluding hydrogens is 374 g/mol. The number of likely N-dealkylation sites (N-methyl/N-ethyl adjacent to an activating group) is 1. The van der Waals surface area contributed by atoms with Gasteiger partial charge in [0.05, 0.1) is 4.34 Å². The van der Waals surface area contributed by atoms with Crippen molar-refractivity contribution in [3.05, 3.63) is 50.1 Å². The van der Waals surface area contributed by atoms with Gasteiger partial charge in [0, 0.05) is 26.0 Å². The van der Waals surface area contributed by atoms with Crippen LogP contribution in [0.25, 0.3) is 0 Å². The zero-order valence-corrected chi connectivity index (χ0v) is 15.2. The first kappa shape index (κ1) is 16.4. The summed E-state index contributed by atoms with van der Waals surface area (Å²) in [6, 6.07) is 13.0. The monoisotopic (exact) mass is 389 g/mol. The van der Waals surface area contributed by atoms with Crippen molar-refractivity contribution < 1.29 is 0 Å². The summed E-state index contributed by atoms with van der Waals surface area (Å²) in [5.41, 5.74) is 0. The molecule has 0 aliphatic rings. The van der Waals surface area contributed by atoms with Crippen LogP contribution in [0, 0.1) is 0 Å². The molecule has 0 bridgehead atoms. The molecule has 20 heavy (non-hydrogen) atoms. The van der Waals surface area contributed by atoms with Crippen LogP contribution in [-0.4, -0.2) is 18.3 Å². The molecule has 0 saturated carbocycles. The standard InChI is InChI=1S/C15H17BrClNS2/c1-2-18-12(9-14-6-7-15(17)20-14)10-19-13-5-3-4-11(16)8-13/h3-8,12,18H,2,9-10H2,1H3. The lowest BCUT2D eigenvalue weighted by molar-refractivity contribution is 0.576. The Morgan fingerprint density at radius 1 is 1.35 bits per heavy atom. The highest BCUT2D eigenvalue weighted by molar-refractivity contribution is 9.10. The van der Waals surface area contributed by atoms with Crippen molar-refractivity contribution in [2.24, 2.45) is 0 Å². The molecule has 2 aromatic rings. The van der Waals surface area contributed by atoms with E-state index in [0.29, 0.717) is 6.04 Å². The number of hydrogen-bond acceptors (Lipinski definition) is 3. The molecule has 0 radical (unpaired) electrons. The Morgan fingerprint density at radius 3 is 2.85 bits per heavy atom. The van der Waals surface area contributed by atoms with E-state index in [2.05, 4.69) is 58.5 Å². The minimum atomic E-state index is 0.471. The van der Waals surface area contributed by atoms with Crippen LogP contribution in [0.15, 0.2) is 45.8 Å². The molecule has 0 fully saturated rings. The number of thioether (sulfide) groups is 1. The van der Waals surface area contributed by atoms with Gasteiger partial charge in [-0.2, -0.15) is 0 Å². The SMILES string of the molecule is CCNC(CSc1cccc(Br)c1)Cc1ccc(Cl)s1. The fourth-order valence-electron chi connectivity index (χ4n) is 1.94. The van der Waals surface area contributed by atoms with Crippen LogP contribution >= 0.6 is 50.6 Å². The predicted octanol–water partition coefficient (Wildman–Crippen LogP) is 5.48. The molecule has 1 aromatic carbocycles. The first-order chi connectivity index (χ1) is 9.67. The van der Waals surface area contributed by atoms with Crippen LogP contribution in [0.1, 0.15) is 11.8 Å². The minimum Gasteiger partial charge on any atom is -0.313 e. The normalized spacial score (nSPS) is 12.6. The molecule has 1 atom stereocenters. The summed E-state index contributed by atoms with van der Waals surface area (Å²) in [4.78, 5) is 2.64. The van der Waals surface area contributed by atoms with Gasteiger partial charge in [-0.05, 0) is 43.3 Å². The summed E-state index contributed by atoms with van der Waals surface area (Å²) in [6.45, 7) is 3.14. The minimum absolute atomic E-state index is 0.471. The van der Waals surface area contributed by atoms with Gasteiger partial charge in [0.15, 0.2) is 0 Å². The highest BCUT2D eigenvalue weighted by Crippen LogP contribution is 2.26. The molecule has 108 valence electrons. The zero-order chi connectivity index (χ0) is 14.4. The number of hydrogen-bond donors (Lipinski definition) is 1. The third-order valence-corrected chi connectivity index (χ3v) is 5.72. The first-order valence-corrected chi connectivity index (χ1v) is 9.50. The number of halogens is 2. The lowest BCUT2D eigenvalue weighted by Gasteiger charge is -2.16. The van der Waals surface area contributed by atoms with E-state index in [1.807, 2.05) is 17.8 Å². The van der Waals surface area contributed by atoms with Crippen molar-refractivity contribution in [2.45, 2.75) is 24.3 Å². The molecule has 0 spiro atoms. The molecule has 0 saturated heterocycles. The van der Waals surface area contributed by atoms with Gasteiger partial charge < -0.3 is 5.32 Å². The van der Waals surface area contributed by atoms with E-state index in [1.165, 1.54) is 9.77 Å². The summed E-state index contributed by atoms with van der Waals surface area (Å²) in [5, 5.41) is 3.56. The average molecular weight is 391 g/mol. The van der Waals surface area contributed by atoms with E-state index >= 15 is 0 Å². The molecule has 1 N–H and O–H groups in total. The zero-order valence-electron chi connectivity index (χ0n) is 11.2. The van der Waals surface area contributed by atoms with Gasteiger partial charge in [0.25, 0.3) is 0 Å². The molecule has 1 heterocycles. The van der Waals surface area contributed by atoms with E-state index < -0.39 is 0 Å². The van der Waals surface area contributed by atoms with Gasteiger partial charge in [0.1, 0.15) is 0 Å². The smallest absolute Gasteiger partial charge is 0.0931 e. The van der Waals surface area contributed by atoms with Gasteiger partial charge in [0.2, 0.25) is 0 Å². The van der Waals surface area contributed by atoms with Gasteiger partial charge >= 0.3 is 0 Å². The number of nitrogens with one attached hydrogen (secondary N) is 1. The molecule has 0 amide bonds.